The van der Waals surface area contributed by atoms with E-state index in [2.05, 4.69) is 11.1 Å². The summed E-state index contributed by atoms with van der Waals surface area (Å²) < 4.78 is 44.0. The number of carbonyl (C=O) groups is 2. The van der Waals surface area contributed by atoms with Crippen molar-refractivity contribution in [2.24, 2.45) is 11.8 Å². The molecule has 7 nitrogen and oxygen atoms in total. The Morgan fingerprint density at radius 1 is 1.08 bits per heavy atom. The Morgan fingerprint density at radius 3 is 2.35 bits per heavy atom. The van der Waals surface area contributed by atoms with Gasteiger partial charge in [0.1, 0.15) is 0 Å². The number of benzene rings is 1. The van der Waals surface area contributed by atoms with Gasteiger partial charge in [0.2, 0.25) is 17.7 Å². The Labute approximate surface area is 213 Å². The van der Waals surface area contributed by atoms with Gasteiger partial charge in [-0.3, -0.25) is 9.59 Å². The maximum Gasteiger partial charge on any atom is 0.417 e. The van der Waals surface area contributed by atoms with Crippen LogP contribution in [0.1, 0.15) is 48.8 Å². The number of halogens is 3. The maximum atomic E-state index is 13.4. The predicted molar refractivity (Wildman–Crippen MR) is 128 cm³/mol. The van der Waals surface area contributed by atoms with Crippen molar-refractivity contribution >= 4 is 11.8 Å². The van der Waals surface area contributed by atoms with Crippen molar-refractivity contribution in [2.75, 3.05) is 32.8 Å². The summed E-state index contributed by atoms with van der Waals surface area (Å²) in [5, 5.41) is 9.13. The van der Waals surface area contributed by atoms with E-state index in [1.54, 1.807) is 17.0 Å². The highest BCUT2D eigenvalue weighted by Crippen LogP contribution is 2.37. The number of alkyl halides is 3. The Morgan fingerprint density at radius 2 is 1.78 bits per heavy atom. The molecule has 10 heteroatoms. The van der Waals surface area contributed by atoms with Crippen LogP contribution < -0.4 is 4.74 Å². The van der Waals surface area contributed by atoms with Gasteiger partial charge in [-0.2, -0.15) is 18.4 Å². The number of rotatable bonds is 6. The summed E-state index contributed by atoms with van der Waals surface area (Å²) in [5.41, 5.74) is 0.748. The summed E-state index contributed by atoms with van der Waals surface area (Å²) in [6, 6.07) is 11.6. The Kier molecular flexibility index (Phi) is 8.00. The van der Waals surface area contributed by atoms with Crippen LogP contribution in [0.3, 0.4) is 0 Å². The summed E-state index contributed by atoms with van der Waals surface area (Å²) in [4.78, 5) is 32.4. The third-order valence-corrected chi connectivity index (χ3v) is 7.31. The van der Waals surface area contributed by atoms with Gasteiger partial charge in [-0.05, 0) is 48.9 Å². The maximum absolute atomic E-state index is 13.4. The van der Waals surface area contributed by atoms with Crippen LogP contribution in [0.2, 0.25) is 0 Å². The van der Waals surface area contributed by atoms with Crippen LogP contribution in [-0.4, -0.2) is 59.4 Å². The molecule has 2 saturated heterocycles. The topological polar surface area (TPSA) is 86.5 Å². The largest absolute Gasteiger partial charge is 0.478 e. The molecule has 0 bridgehead atoms. The van der Waals surface area contributed by atoms with Gasteiger partial charge in [0.15, 0.2) is 0 Å². The minimum Gasteiger partial charge on any atom is -0.478 e. The second-order valence-electron chi connectivity index (χ2n) is 9.64. The van der Waals surface area contributed by atoms with Crippen molar-refractivity contribution < 1.29 is 27.5 Å². The van der Waals surface area contributed by atoms with Crippen LogP contribution in [0, 0.1) is 23.2 Å². The first kappa shape index (κ1) is 26.5. The standard InChI is InChI=1S/C27H29F3N4O3/c1-18(35)33-11-8-21(9-12-33)26(36)34-16-22(24(17-34)20-4-2-19(14-31)3-5-20)10-13-37-25-7-6-23(15-32-25)27(28,29)30/h2-7,15,21-22,24H,8-13,16-17H2,1H3. The lowest BCUT2D eigenvalue weighted by atomic mass is 9.87. The van der Waals surface area contributed by atoms with Gasteiger partial charge in [-0.25, -0.2) is 4.98 Å². The number of ether oxygens (including phenoxy) is 1. The molecule has 2 fully saturated rings. The Bertz CT molecular complexity index is 1140. The molecule has 2 atom stereocenters. The third kappa shape index (κ3) is 6.40. The van der Waals surface area contributed by atoms with Crippen molar-refractivity contribution in [3.05, 3.63) is 59.3 Å². The first-order chi connectivity index (χ1) is 17.7. The van der Waals surface area contributed by atoms with Crippen molar-refractivity contribution in [1.82, 2.24) is 14.8 Å². The normalized spacial score (nSPS) is 20.5. The number of likely N-dealkylation sites (tertiary alicyclic amines) is 2. The van der Waals surface area contributed by atoms with Crippen LogP contribution in [-0.2, 0) is 15.8 Å². The van der Waals surface area contributed by atoms with Crippen molar-refractivity contribution in [3.63, 3.8) is 0 Å². The molecule has 3 heterocycles. The lowest BCUT2D eigenvalue weighted by Crippen LogP contribution is -2.43. The van der Waals surface area contributed by atoms with E-state index in [-0.39, 0.29) is 42.1 Å². The minimum absolute atomic E-state index is 0.0237. The van der Waals surface area contributed by atoms with Crippen molar-refractivity contribution in [2.45, 2.75) is 38.3 Å². The Hall–Kier alpha value is -3.61. The summed E-state index contributed by atoms with van der Waals surface area (Å²) in [6.45, 7) is 4.03. The zero-order valence-corrected chi connectivity index (χ0v) is 20.6. The third-order valence-electron chi connectivity index (χ3n) is 7.31. The van der Waals surface area contributed by atoms with E-state index in [0.29, 0.717) is 51.0 Å². The van der Waals surface area contributed by atoms with Crippen LogP contribution in [0.15, 0.2) is 42.6 Å². The number of hydrogen-bond donors (Lipinski definition) is 0. The highest BCUT2D eigenvalue weighted by Gasteiger charge is 2.39. The minimum atomic E-state index is -4.46. The number of amides is 2. The summed E-state index contributed by atoms with van der Waals surface area (Å²) in [6.07, 6.45) is -1.84. The lowest BCUT2D eigenvalue weighted by Gasteiger charge is -2.32. The van der Waals surface area contributed by atoms with E-state index in [0.717, 1.165) is 17.8 Å². The van der Waals surface area contributed by atoms with E-state index in [4.69, 9.17) is 10.00 Å². The quantitative estimate of drug-likeness (QED) is 0.576. The van der Waals surface area contributed by atoms with Crippen LogP contribution in [0.5, 0.6) is 5.88 Å². The zero-order chi connectivity index (χ0) is 26.6. The highest BCUT2D eigenvalue weighted by atomic mass is 19.4. The smallest absolute Gasteiger partial charge is 0.417 e. The second kappa shape index (κ2) is 11.2. The molecule has 37 heavy (non-hydrogen) atoms. The first-order valence-electron chi connectivity index (χ1n) is 12.4. The van der Waals surface area contributed by atoms with Gasteiger partial charge in [0.25, 0.3) is 0 Å². The van der Waals surface area contributed by atoms with Gasteiger partial charge < -0.3 is 14.5 Å². The average Bonchev–Trinajstić information content (AvgIpc) is 3.32. The molecule has 2 amide bonds. The van der Waals surface area contributed by atoms with Crippen molar-refractivity contribution in [3.8, 4) is 11.9 Å². The molecule has 0 saturated carbocycles. The van der Waals surface area contributed by atoms with Crippen molar-refractivity contribution in [1.29, 1.82) is 5.26 Å². The summed E-state index contributed by atoms with van der Waals surface area (Å²) >= 11 is 0. The molecule has 1 aromatic heterocycles. The van der Waals surface area contributed by atoms with Gasteiger partial charge in [0, 0.05) is 57.2 Å². The molecule has 2 aliphatic heterocycles. The van der Waals surface area contributed by atoms with Gasteiger partial charge in [-0.1, -0.05) is 12.1 Å². The van der Waals surface area contributed by atoms with Gasteiger partial charge in [0.05, 0.1) is 23.8 Å². The number of nitrogens with zero attached hydrogens (tertiary/aromatic N) is 4. The summed E-state index contributed by atoms with van der Waals surface area (Å²) in [7, 11) is 0. The fourth-order valence-corrected chi connectivity index (χ4v) is 5.17. The zero-order valence-electron chi connectivity index (χ0n) is 20.6. The molecule has 196 valence electrons. The van der Waals surface area contributed by atoms with Crippen LogP contribution in [0.25, 0.3) is 0 Å². The van der Waals surface area contributed by atoms with E-state index < -0.39 is 11.7 Å². The number of hydrogen-bond acceptors (Lipinski definition) is 5. The molecule has 2 aromatic rings. The molecule has 0 radical (unpaired) electrons. The molecule has 4 rings (SSSR count). The SMILES string of the molecule is CC(=O)N1CCC(C(=O)N2CC(CCOc3ccc(C(F)(F)F)cn3)C(c3ccc(C#N)cc3)C2)CC1. The van der Waals surface area contributed by atoms with E-state index in [1.165, 1.54) is 13.0 Å². The lowest BCUT2D eigenvalue weighted by molar-refractivity contribution is -0.139. The van der Waals surface area contributed by atoms with Gasteiger partial charge in [-0.15, -0.1) is 0 Å². The molecular formula is C27H29F3N4O3. The fourth-order valence-electron chi connectivity index (χ4n) is 5.17. The summed E-state index contributed by atoms with van der Waals surface area (Å²) in [5.74, 6) is 0.224. The van der Waals surface area contributed by atoms with Crippen LogP contribution >= 0.6 is 0 Å². The Balaban J connectivity index is 1.41. The number of carbonyl (C=O) groups excluding carboxylic acids is 2. The molecular weight excluding hydrogens is 485 g/mol. The highest BCUT2D eigenvalue weighted by molar-refractivity contribution is 5.80. The van der Waals surface area contributed by atoms with Crippen LogP contribution in [0.4, 0.5) is 13.2 Å². The second-order valence-corrected chi connectivity index (χ2v) is 9.64. The molecule has 0 aliphatic carbocycles. The number of aromatic nitrogens is 1. The monoisotopic (exact) mass is 514 g/mol. The van der Waals surface area contributed by atoms with E-state index in [9.17, 15) is 22.8 Å². The molecule has 2 aliphatic rings. The van der Waals surface area contributed by atoms with Gasteiger partial charge >= 0.3 is 6.18 Å². The molecule has 0 spiro atoms. The average molecular weight is 515 g/mol. The molecule has 0 N–H and O–H groups in total. The number of nitriles is 1. The fraction of sp³-hybridized carbons (Fsp3) is 0.481. The first-order valence-corrected chi connectivity index (χ1v) is 12.4. The number of pyridine rings is 1. The van der Waals surface area contributed by atoms with E-state index in [1.807, 2.05) is 17.0 Å². The molecule has 1 aromatic carbocycles. The number of piperidine rings is 1. The predicted octanol–water partition coefficient (Wildman–Crippen LogP) is 4.24. The van der Waals surface area contributed by atoms with E-state index >= 15 is 0 Å². The molecule has 2 unspecified atom stereocenters.